The largest absolute Gasteiger partial charge is 0.490 e. The Kier molecular flexibility index (Phi) is 6.64. The predicted molar refractivity (Wildman–Crippen MR) is 138 cm³/mol. The van der Waals surface area contributed by atoms with Gasteiger partial charge in [0, 0.05) is 23.4 Å². The fraction of sp³-hybridized carbons (Fsp3) is 0.290. The highest BCUT2D eigenvalue weighted by Crippen LogP contribution is 2.41. The topological polar surface area (TPSA) is 21.3 Å². The van der Waals surface area contributed by atoms with Crippen LogP contribution < -0.4 is 10.1 Å². The van der Waals surface area contributed by atoms with Gasteiger partial charge in [0.25, 0.3) is 0 Å². The minimum Gasteiger partial charge on any atom is -0.490 e. The van der Waals surface area contributed by atoms with E-state index >= 15 is 0 Å². The number of hydrogen-bond acceptors (Lipinski definition) is 2. The molecule has 174 valence electrons. The van der Waals surface area contributed by atoms with Crippen molar-refractivity contribution < 1.29 is 9.13 Å². The highest BCUT2D eigenvalue weighted by atomic mass is 19.1. The van der Waals surface area contributed by atoms with Gasteiger partial charge < -0.3 is 10.1 Å². The van der Waals surface area contributed by atoms with Crippen LogP contribution in [0.3, 0.4) is 0 Å². The van der Waals surface area contributed by atoms with Gasteiger partial charge in [0.15, 0.2) is 0 Å². The maximum absolute atomic E-state index is 14.1. The smallest absolute Gasteiger partial charge is 0.131 e. The Morgan fingerprint density at radius 2 is 1.68 bits per heavy atom. The van der Waals surface area contributed by atoms with Crippen LogP contribution in [0.15, 0.2) is 78.9 Å². The molecule has 2 atom stereocenters. The highest BCUT2D eigenvalue weighted by Gasteiger charge is 2.29. The SMILES string of the molecule is Cc1ccc(C2CC(CCCNCc3ccc(F)c4ccccc34)Oc3ccccc32)cc1C. The maximum atomic E-state index is 14.1. The third-order valence-corrected chi connectivity index (χ3v) is 7.18. The van der Waals surface area contributed by atoms with Crippen LogP contribution in [0.1, 0.15) is 53.0 Å². The van der Waals surface area contributed by atoms with E-state index in [1.807, 2.05) is 30.3 Å². The first-order chi connectivity index (χ1) is 16.6. The molecule has 1 aliphatic rings. The molecule has 4 aromatic rings. The van der Waals surface area contributed by atoms with Gasteiger partial charge in [0.05, 0.1) is 6.10 Å². The summed E-state index contributed by atoms with van der Waals surface area (Å²) in [6.07, 6.45) is 3.25. The number of rotatable bonds is 7. The average Bonchev–Trinajstić information content (AvgIpc) is 2.86. The zero-order chi connectivity index (χ0) is 23.5. The van der Waals surface area contributed by atoms with Gasteiger partial charge in [0.1, 0.15) is 11.6 Å². The number of fused-ring (bicyclic) bond motifs is 2. The standard InChI is InChI=1S/C31H32FNO/c1-21-13-14-23(18-22(21)2)29-19-25(34-31-12-6-5-11-28(29)31)8-7-17-33-20-24-15-16-30(32)27-10-4-3-9-26(24)27/h3-6,9-16,18,25,29,33H,7-8,17,19-20H2,1-2H3. The van der Waals surface area contributed by atoms with Gasteiger partial charge >= 0.3 is 0 Å². The number of benzene rings is 4. The van der Waals surface area contributed by atoms with Gasteiger partial charge in [-0.1, -0.05) is 66.7 Å². The van der Waals surface area contributed by atoms with Gasteiger partial charge in [0.2, 0.25) is 0 Å². The molecule has 0 saturated carbocycles. The second kappa shape index (κ2) is 9.99. The number of aryl methyl sites for hydroxylation is 2. The van der Waals surface area contributed by atoms with Gasteiger partial charge in [-0.3, -0.25) is 0 Å². The first-order valence-corrected chi connectivity index (χ1v) is 12.3. The Morgan fingerprint density at radius 3 is 2.53 bits per heavy atom. The fourth-order valence-electron chi connectivity index (χ4n) is 5.12. The average molecular weight is 454 g/mol. The van der Waals surface area contributed by atoms with E-state index < -0.39 is 0 Å². The second-order valence-corrected chi connectivity index (χ2v) is 9.48. The Bertz CT molecular complexity index is 1300. The summed E-state index contributed by atoms with van der Waals surface area (Å²) in [7, 11) is 0. The van der Waals surface area contributed by atoms with Crippen molar-refractivity contribution in [2.75, 3.05) is 6.54 Å². The van der Waals surface area contributed by atoms with E-state index in [1.165, 1.54) is 22.3 Å². The molecule has 0 spiro atoms. The van der Waals surface area contributed by atoms with Crippen molar-refractivity contribution in [3.05, 3.63) is 112 Å². The van der Waals surface area contributed by atoms with Crippen LogP contribution in [0.5, 0.6) is 5.75 Å². The Hall–Kier alpha value is -3.17. The number of nitrogens with one attached hydrogen (secondary N) is 1. The minimum atomic E-state index is -0.160. The fourth-order valence-corrected chi connectivity index (χ4v) is 5.12. The number of hydrogen-bond donors (Lipinski definition) is 1. The lowest BCUT2D eigenvalue weighted by Crippen LogP contribution is -2.27. The molecule has 34 heavy (non-hydrogen) atoms. The molecule has 3 heteroatoms. The summed E-state index contributed by atoms with van der Waals surface area (Å²) >= 11 is 0. The molecule has 1 aliphatic heterocycles. The van der Waals surface area contributed by atoms with E-state index in [9.17, 15) is 4.39 Å². The number of halogens is 1. The van der Waals surface area contributed by atoms with Crippen LogP contribution in [-0.2, 0) is 6.54 Å². The summed E-state index contributed by atoms with van der Waals surface area (Å²) in [6.45, 7) is 6.00. The Balaban J connectivity index is 1.21. The van der Waals surface area contributed by atoms with Crippen LogP contribution in [0.25, 0.3) is 10.8 Å². The van der Waals surface area contributed by atoms with E-state index in [0.717, 1.165) is 49.1 Å². The highest BCUT2D eigenvalue weighted by molar-refractivity contribution is 5.86. The van der Waals surface area contributed by atoms with Crippen LogP contribution in [0, 0.1) is 19.7 Å². The van der Waals surface area contributed by atoms with E-state index in [-0.39, 0.29) is 11.9 Å². The number of ether oxygens (including phenoxy) is 1. The molecule has 0 saturated heterocycles. The minimum absolute atomic E-state index is 0.160. The lowest BCUT2D eigenvalue weighted by atomic mass is 9.82. The molecule has 4 aromatic carbocycles. The normalized spacial score (nSPS) is 17.4. The molecule has 2 nitrogen and oxygen atoms in total. The third kappa shape index (κ3) is 4.71. The van der Waals surface area contributed by atoms with Crippen molar-refractivity contribution in [3.8, 4) is 5.75 Å². The van der Waals surface area contributed by atoms with Crippen LogP contribution >= 0.6 is 0 Å². The summed E-state index contributed by atoms with van der Waals surface area (Å²) in [5.41, 5.74) is 6.49. The Labute approximate surface area is 201 Å². The van der Waals surface area contributed by atoms with Crippen LogP contribution in [-0.4, -0.2) is 12.6 Å². The van der Waals surface area contributed by atoms with E-state index in [0.29, 0.717) is 11.3 Å². The van der Waals surface area contributed by atoms with Gasteiger partial charge in [-0.05, 0) is 79.4 Å². The van der Waals surface area contributed by atoms with E-state index in [4.69, 9.17) is 4.74 Å². The van der Waals surface area contributed by atoms with Crippen molar-refractivity contribution in [3.63, 3.8) is 0 Å². The molecular weight excluding hydrogens is 421 g/mol. The van der Waals surface area contributed by atoms with E-state index in [1.54, 1.807) is 6.07 Å². The summed E-state index contributed by atoms with van der Waals surface area (Å²) < 4.78 is 20.5. The van der Waals surface area contributed by atoms with Gasteiger partial charge in [-0.2, -0.15) is 0 Å². The van der Waals surface area contributed by atoms with Crippen molar-refractivity contribution in [1.82, 2.24) is 5.32 Å². The van der Waals surface area contributed by atoms with Crippen molar-refractivity contribution >= 4 is 10.8 Å². The molecule has 1 N–H and O–H groups in total. The molecule has 1 heterocycles. The molecule has 0 aromatic heterocycles. The molecule has 0 radical (unpaired) electrons. The van der Waals surface area contributed by atoms with Crippen molar-refractivity contribution in [2.45, 2.75) is 51.7 Å². The summed E-state index contributed by atoms with van der Waals surface area (Å²) in [6, 6.07) is 26.5. The van der Waals surface area contributed by atoms with Crippen molar-refractivity contribution in [1.29, 1.82) is 0 Å². The Morgan fingerprint density at radius 1 is 0.882 bits per heavy atom. The lowest BCUT2D eigenvalue weighted by molar-refractivity contribution is 0.153. The molecule has 2 unspecified atom stereocenters. The third-order valence-electron chi connectivity index (χ3n) is 7.18. The van der Waals surface area contributed by atoms with Crippen LogP contribution in [0.4, 0.5) is 4.39 Å². The second-order valence-electron chi connectivity index (χ2n) is 9.48. The molecule has 0 fully saturated rings. The zero-order valence-corrected chi connectivity index (χ0v) is 20.0. The predicted octanol–water partition coefficient (Wildman–Crippen LogP) is 7.45. The maximum Gasteiger partial charge on any atom is 0.131 e. The van der Waals surface area contributed by atoms with Crippen molar-refractivity contribution in [2.24, 2.45) is 0 Å². The summed E-state index contributed by atoms with van der Waals surface area (Å²) in [5, 5.41) is 5.22. The molecule has 0 amide bonds. The molecule has 0 aliphatic carbocycles. The molecular formula is C31H32FNO. The summed E-state index contributed by atoms with van der Waals surface area (Å²) in [5.74, 6) is 1.23. The van der Waals surface area contributed by atoms with Gasteiger partial charge in [-0.25, -0.2) is 4.39 Å². The monoisotopic (exact) mass is 453 g/mol. The first kappa shape index (κ1) is 22.6. The first-order valence-electron chi connectivity index (χ1n) is 12.3. The zero-order valence-electron chi connectivity index (χ0n) is 20.0. The lowest BCUT2D eigenvalue weighted by Gasteiger charge is -2.33. The van der Waals surface area contributed by atoms with E-state index in [2.05, 4.69) is 61.6 Å². The van der Waals surface area contributed by atoms with Crippen LogP contribution in [0.2, 0.25) is 0 Å². The molecule has 5 rings (SSSR count). The number of para-hydroxylation sites is 1. The van der Waals surface area contributed by atoms with Gasteiger partial charge in [-0.15, -0.1) is 0 Å². The molecule has 0 bridgehead atoms. The quantitative estimate of drug-likeness (QED) is 0.293. The summed E-state index contributed by atoms with van der Waals surface area (Å²) in [4.78, 5) is 0.